The lowest BCUT2D eigenvalue weighted by Gasteiger charge is -2.03. The van der Waals surface area contributed by atoms with Crippen molar-refractivity contribution in [3.05, 3.63) is 47.7 Å². The van der Waals surface area contributed by atoms with Gasteiger partial charge in [-0.2, -0.15) is 0 Å². The summed E-state index contributed by atoms with van der Waals surface area (Å²) in [7, 11) is 0. The van der Waals surface area contributed by atoms with Crippen LogP contribution in [0.15, 0.2) is 42.5 Å². The molecule has 0 aliphatic heterocycles. The first-order valence-corrected chi connectivity index (χ1v) is 4.87. The minimum atomic E-state index is 0.0641. The maximum absolute atomic E-state index is 11.6. The van der Waals surface area contributed by atoms with E-state index in [1.807, 2.05) is 18.2 Å². The van der Waals surface area contributed by atoms with Crippen LogP contribution in [0.25, 0.3) is 21.8 Å². The smallest absolute Gasteiger partial charge is 0.256 e. The first-order chi connectivity index (χ1) is 7.75. The van der Waals surface area contributed by atoms with Gasteiger partial charge in [-0.15, -0.1) is 0 Å². The molecule has 0 bridgehead atoms. The third kappa shape index (κ3) is 1.16. The molecule has 0 unspecified atom stereocenters. The average molecular weight is 212 g/mol. The van der Waals surface area contributed by atoms with Gasteiger partial charge >= 0.3 is 0 Å². The molecule has 0 aliphatic carbocycles. The first kappa shape index (κ1) is 8.91. The number of phenolic OH excluding ortho intramolecular Hbond substituents is 1. The molecule has 0 amide bonds. The Morgan fingerprint density at radius 1 is 1.06 bits per heavy atom. The van der Waals surface area contributed by atoms with Crippen LogP contribution in [0.1, 0.15) is 0 Å². The molecule has 1 heterocycles. The third-order valence-corrected chi connectivity index (χ3v) is 2.58. The van der Waals surface area contributed by atoms with Crippen molar-refractivity contribution in [1.82, 2.24) is 5.10 Å². The molecule has 78 valence electrons. The van der Waals surface area contributed by atoms with Crippen molar-refractivity contribution in [3.8, 4) is 5.75 Å². The Morgan fingerprint density at radius 2 is 1.88 bits per heavy atom. The van der Waals surface area contributed by atoms with Gasteiger partial charge in [0.25, 0.3) is 5.52 Å². The highest BCUT2D eigenvalue weighted by atomic mass is 16.5. The summed E-state index contributed by atoms with van der Waals surface area (Å²) in [6.45, 7) is 0. The molecular weight excluding hydrogens is 204 g/mol. The van der Waals surface area contributed by atoms with Crippen LogP contribution in [0, 0.1) is 5.21 Å². The predicted molar refractivity (Wildman–Crippen MR) is 59.9 cm³/mol. The van der Waals surface area contributed by atoms with Gasteiger partial charge < -0.3 is 10.3 Å². The Hall–Kier alpha value is -2.36. The molecule has 0 fully saturated rings. The predicted octanol–water partition coefficient (Wildman–Crippen LogP) is 1.73. The van der Waals surface area contributed by atoms with E-state index < -0.39 is 0 Å². The lowest BCUT2D eigenvalue weighted by Crippen LogP contribution is -2.31. The lowest BCUT2D eigenvalue weighted by atomic mass is 10.1. The van der Waals surface area contributed by atoms with Crippen molar-refractivity contribution >= 4 is 21.8 Å². The summed E-state index contributed by atoms with van der Waals surface area (Å²) >= 11 is 0. The minimum Gasteiger partial charge on any atom is -0.594 e. The summed E-state index contributed by atoms with van der Waals surface area (Å²) in [5.41, 5.74) is 1.02. The maximum atomic E-state index is 11.6. The zero-order valence-electron chi connectivity index (χ0n) is 8.29. The first-order valence-electron chi connectivity index (χ1n) is 4.87. The van der Waals surface area contributed by atoms with Crippen LogP contribution in [0.5, 0.6) is 5.75 Å². The fourth-order valence-corrected chi connectivity index (χ4v) is 1.85. The van der Waals surface area contributed by atoms with Crippen molar-refractivity contribution in [2.45, 2.75) is 0 Å². The molecular formula is C12H8N2O2. The summed E-state index contributed by atoms with van der Waals surface area (Å²) in [5, 5.41) is 26.6. The van der Waals surface area contributed by atoms with Crippen LogP contribution in [0.4, 0.5) is 0 Å². The second-order valence-corrected chi connectivity index (χ2v) is 3.59. The van der Waals surface area contributed by atoms with Gasteiger partial charge in [0.2, 0.25) is 0 Å². The van der Waals surface area contributed by atoms with Crippen LogP contribution in [-0.4, -0.2) is 10.2 Å². The zero-order valence-corrected chi connectivity index (χ0v) is 8.29. The SMILES string of the molecule is [O-][n+]1nc2ccccc2c2ccc(O)cc21. The number of phenols is 1. The monoisotopic (exact) mass is 212 g/mol. The molecule has 0 spiro atoms. The van der Waals surface area contributed by atoms with E-state index in [1.165, 1.54) is 6.07 Å². The Morgan fingerprint density at radius 3 is 2.75 bits per heavy atom. The molecule has 3 aromatic rings. The second-order valence-electron chi connectivity index (χ2n) is 3.59. The van der Waals surface area contributed by atoms with E-state index in [1.54, 1.807) is 18.2 Å². The van der Waals surface area contributed by atoms with E-state index in [9.17, 15) is 10.3 Å². The van der Waals surface area contributed by atoms with Crippen LogP contribution in [0.3, 0.4) is 0 Å². The summed E-state index contributed by atoms with van der Waals surface area (Å²) in [6, 6.07) is 12.1. The summed E-state index contributed by atoms with van der Waals surface area (Å²) in [5.74, 6) is 0.0641. The molecule has 0 atom stereocenters. The van der Waals surface area contributed by atoms with Crippen LogP contribution in [0.2, 0.25) is 0 Å². The highest BCUT2D eigenvalue weighted by Crippen LogP contribution is 2.23. The second kappa shape index (κ2) is 3.06. The normalized spacial score (nSPS) is 11.0. The van der Waals surface area contributed by atoms with Gasteiger partial charge in [-0.3, -0.25) is 0 Å². The van der Waals surface area contributed by atoms with E-state index >= 15 is 0 Å². The Labute approximate surface area is 91.0 Å². The number of rotatable bonds is 0. The number of hydrogen-bond acceptors (Lipinski definition) is 3. The average Bonchev–Trinajstić information content (AvgIpc) is 2.29. The van der Waals surface area contributed by atoms with Crippen LogP contribution in [-0.2, 0) is 0 Å². The van der Waals surface area contributed by atoms with E-state index in [4.69, 9.17) is 0 Å². The topological polar surface area (TPSA) is 60.1 Å². The summed E-state index contributed by atoms with van der Waals surface area (Å²) in [6.07, 6.45) is 0. The van der Waals surface area contributed by atoms with E-state index in [0.29, 0.717) is 15.9 Å². The summed E-state index contributed by atoms with van der Waals surface area (Å²) in [4.78, 5) is 0.539. The quantitative estimate of drug-likeness (QED) is 0.350. The molecule has 0 saturated carbocycles. The molecule has 1 aromatic heterocycles. The maximum Gasteiger partial charge on any atom is 0.256 e. The van der Waals surface area contributed by atoms with Gasteiger partial charge in [0, 0.05) is 10.5 Å². The number of aromatic hydroxyl groups is 1. The van der Waals surface area contributed by atoms with Crippen LogP contribution >= 0.6 is 0 Å². The molecule has 3 rings (SSSR count). The van der Waals surface area contributed by atoms with E-state index in [2.05, 4.69) is 5.10 Å². The van der Waals surface area contributed by atoms with Gasteiger partial charge in [-0.1, -0.05) is 18.2 Å². The van der Waals surface area contributed by atoms with Crippen molar-refractivity contribution in [2.75, 3.05) is 0 Å². The number of nitrogens with zero attached hydrogens (tertiary/aromatic N) is 2. The third-order valence-electron chi connectivity index (χ3n) is 2.58. The number of hydrogen-bond donors (Lipinski definition) is 1. The van der Waals surface area contributed by atoms with Gasteiger partial charge in [0.05, 0.1) is 11.5 Å². The van der Waals surface area contributed by atoms with Crippen molar-refractivity contribution in [2.24, 2.45) is 0 Å². The molecule has 4 nitrogen and oxygen atoms in total. The highest BCUT2D eigenvalue weighted by Gasteiger charge is 2.11. The minimum absolute atomic E-state index is 0.0641. The highest BCUT2D eigenvalue weighted by molar-refractivity contribution is 6.02. The molecule has 0 aliphatic rings. The fraction of sp³-hybridized carbons (Fsp3) is 0. The van der Waals surface area contributed by atoms with Crippen molar-refractivity contribution < 1.29 is 9.95 Å². The van der Waals surface area contributed by atoms with Crippen LogP contribution < -0.4 is 4.85 Å². The standard InChI is InChI=1S/C12H8N2O2/c15-8-5-6-10-9-3-1-2-4-11(9)13-14(16)12(10)7-8/h1-7,15H. The molecule has 2 aromatic carbocycles. The summed E-state index contributed by atoms with van der Waals surface area (Å²) < 4.78 is 0. The number of benzene rings is 2. The Bertz CT molecular complexity index is 695. The van der Waals surface area contributed by atoms with E-state index in [0.717, 1.165) is 10.8 Å². The molecule has 0 saturated heterocycles. The number of fused-ring (bicyclic) bond motifs is 3. The van der Waals surface area contributed by atoms with Gasteiger partial charge in [0.15, 0.2) is 0 Å². The van der Waals surface area contributed by atoms with Crippen molar-refractivity contribution in [3.63, 3.8) is 0 Å². The zero-order chi connectivity index (χ0) is 11.1. The molecule has 0 radical (unpaired) electrons. The largest absolute Gasteiger partial charge is 0.594 e. The Kier molecular flexibility index (Phi) is 1.71. The van der Waals surface area contributed by atoms with E-state index in [-0.39, 0.29) is 5.75 Å². The lowest BCUT2D eigenvalue weighted by molar-refractivity contribution is -0.639. The molecule has 1 N–H and O–H groups in total. The van der Waals surface area contributed by atoms with Crippen molar-refractivity contribution in [1.29, 1.82) is 0 Å². The van der Waals surface area contributed by atoms with Gasteiger partial charge in [-0.25, -0.2) is 0 Å². The van der Waals surface area contributed by atoms with Gasteiger partial charge in [0.1, 0.15) is 11.3 Å². The number of aromatic nitrogens is 2. The fourth-order valence-electron chi connectivity index (χ4n) is 1.85. The molecule has 4 heteroatoms. The molecule has 16 heavy (non-hydrogen) atoms. The van der Waals surface area contributed by atoms with Gasteiger partial charge in [-0.05, 0) is 23.0 Å². The Balaban J connectivity index is 2.59.